The third-order valence-electron chi connectivity index (χ3n) is 4.64. The van der Waals surface area contributed by atoms with E-state index in [2.05, 4.69) is 5.32 Å². The van der Waals surface area contributed by atoms with Gasteiger partial charge in [-0.1, -0.05) is 23.7 Å². The Morgan fingerprint density at radius 3 is 2.43 bits per heavy atom. The minimum Gasteiger partial charge on any atom is -0.493 e. The highest BCUT2D eigenvalue weighted by Gasteiger charge is 2.38. The lowest BCUT2D eigenvalue weighted by molar-refractivity contribution is -0.157. The average molecular weight is 436 g/mol. The highest BCUT2D eigenvalue weighted by atomic mass is 35.5. The minimum absolute atomic E-state index is 0.163. The molecular formula is C22H26ClNO6. The molecule has 2 N–H and O–H groups in total. The maximum atomic E-state index is 12.8. The summed E-state index contributed by atoms with van der Waals surface area (Å²) < 4.78 is 15.7. The lowest BCUT2D eigenvalue weighted by Gasteiger charge is -2.24. The van der Waals surface area contributed by atoms with Crippen LogP contribution in [-0.2, 0) is 14.3 Å². The standard InChI is InChI=1S/C22H26ClNO6/c1-6-30-21(27)22(2,3)20(26)24-16-11-10-13(23)12-15(16)18(25)14-8-7-9-17(28-4)19(14)29-5/h7-12,18,25H,6H2,1-5H3,(H,24,26)/t18-/m1/s1. The summed E-state index contributed by atoms with van der Waals surface area (Å²) >= 11 is 6.14. The van der Waals surface area contributed by atoms with Gasteiger partial charge in [0.1, 0.15) is 11.5 Å². The Morgan fingerprint density at radius 1 is 1.13 bits per heavy atom. The summed E-state index contributed by atoms with van der Waals surface area (Å²) in [5.41, 5.74) is -0.355. The molecule has 0 saturated carbocycles. The molecule has 0 saturated heterocycles. The normalized spacial score (nSPS) is 12.1. The summed E-state index contributed by atoms with van der Waals surface area (Å²) in [6.07, 6.45) is -1.19. The van der Waals surface area contributed by atoms with E-state index < -0.39 is 23.4 Å². The lowest BCUT2D eigenvalue weighted by Crippen LogP contribution is -2.39. The van der Waals surface area contributed by atoms with Gasteiger partial charge in [0.05, 0.1) is 20.8 Å². The van der Waals surface area contributed by atoms with Crippen molar-refractivity contribution >= 4 is 29.2 Å². The van der Waals surface area contributed by atoms with Crippen molar-refractivity contribution in [3.63, 3.8) is 0 Å². The number of anilines is 1. The van der Waals surface area contributed by atoms with E-state index in [-0.39, 0.29) is 6.61 Å². The van der Waals surface area contributed by atoms with E-state index in [0.29, 0.717) is 33.3 Å². The van der Waals surface area contributed by atoms with Gasteiger partial charge in [-0.05, 0) is 45.0 Å². The van der Waals surface area contributed by atoms with E-state index in [0.717, 1.165) is 0 Å². The predicted octanol–water partition coefficient (Wildman–Crippen LogP) is 3.97. The molecule has 162 valence electrons. The van der Waals surface area contributed by atoms with E-state index in [1.807, 2.05) is 0 Å². The first-order valence-electron chi connectivity index (χ1n) is 9.34. The number of ether oxygens (including phenoxy) is 3. The van der Waals surface area contributed by atoms with Crippen LogP contribution in [0, 0.1) is 5.41 Å². The average Bonchev–Trinajstić information content (AvgIpc) is 2.73. The van der Waals surface area contributed by atoms with E-state index >= 15 is 0 Å². The monoisotopic (exact) mass is 435 g/mol. The molecule has 0 aliphatic heterocycles. The smallest absolute Gasteiger partial charge is 0.321 e. The first kappa shape index (κ1) is 23.5. The summed E-state index contributed by atoms with van der Waals surface area (Å²) in [5.74, 6) is -0.413. The molecule has 7 nitrogen and oxygen atoms in total. The number of methoxy groups -OCH3 is 2. The second-order valence-corrected chi connectivity index (χ2v) is 7.45. The van der Waals surface area contributed by atoms with E-state index in [1.54, 1.807) is 37.3 Å². The van der Waals surface area contributed by atoms with Crippen LogP contribution in [-0.4, -0.2) is 37.8 Å². The van der Waals surface area contributed by atoms with Crippen molar-refractivity contribution in [2.45, 2.75) is 26.9 Å². The van der Waals surface area contributed by atoms with Crippen molar-refractivity contribution in [2.24, 2.45) is 5.41 Å². The third kappa shape index (κ3) is 4.86. The Morgan fingerprint density at radius 2 is 1.83 bits per heavy atom. The molecule has 1 amide bonds. The molecule has 30 heavy (non-hydrogen) atoms. The number of rotatable bonds is 8. The molecule has 0 heterocycles. The van der Waals surface area contributed by atoms with Crippen molar-refractivity contribution < 1.29 is 28.9 Å². The van der Waals surface area contributed by atoms with Crippen LogP contribution in [0.2, 0.25) is 5.02 Å². The number of benzene rings is 2. The number of para-hydroxylation sites is 1. The molecule has 0 bridgehead atoms. The van der Waals surface area contributed by atoms with Gasteiger partial charge in [0.15, 0.2) is 11.5 Å². The van der Waals surface area contributed by atoms with E-state index in [9.17, 15) is 14.7 Å². The van der Waals surface area contributed by atoms with Gasteiger partial charge in [-0.3, -0.25) is 9.59 Å². The lowest BCUT2D eigenvalue weighted by atomic mass is 9.91. The van der Waals surface area contributed by atoms with Gasteiger partial charge in [-0.2, -0.15) is 0 Å². The van der Waals surface area contributed by atoms with Gasteiger partial charge in [-0.15, -0.1) is 0 Å². The zero-order valence-corrected chi connectivity index (χ0v) is 18.4. The topological polar surface area (TPSA) is 94.1 Å². The van der Waals surface area contributed by atoms with Gasteiger partial charge in [0, 0.05) is 21.8 Å². The van der Waals surface area contributed by atoms with Crippen LogP contribution in [0.3, 0.4) is 0 Å². The maximum absolute atomic E-state index is 12.8. The van der Waals surface area contributed by atoms with Crippen LogP contribution < -0.4 is 14.8 Å². The number of aliphatic hydroxyl groups excluding tert-OH is 1. The number of nitrogens with one attached hydrogen (secondary N) is 1. The molecule has 0 unspecified atom stereocenters. The molecule has 2 aromatic carbocycles. The summed E-state index contributed by atoms with van der Waals surface area (Å²) in [7, 11) is 2.97. The highest BCUT2D eigenvalue weighted by Crippen LogP contribution is 2.40. The molecule has 2 rings (SSSR count). The maximum Gasteiger partial charge on any atom is 0.321 e. The molecule has 0 aliphatic carbocycles. The van der Waals surface area contributed by atoms with Gasteiger partial charge in [0.25, 0.3) is 0 Å². The minimum atomic E-state index is -1.43. The van der Waals surface area contributed by atoms with E-state index in [4.69, 9.17) is 25.8 Å². The van der Waals surface area contributed by atoms with Crippen LogP contribution in [0.25, 0.3) is 0 Å². The Hall–Kier alpha value is -2.77. The second-order valence-electron chi connectivity index (χ2n) is 7.02. The van der Waals surface area contributed by atoms with Crippen molar-refractivity contribution in [1.29, 1.82) is 0 Å². The Kier molecular flexibility index (Phi) is 7.70. The summed E-state index contributed by atoms with van der Waals surface area (Å²) in [6, 6.07) is 9.78. The molecule has 1 atom stereocenters. The number of halogens is 1. The fourth-order valence-corrected chi connectivity index (χ4v) is 3.03. The van der Waals surface area contributed by atoms with Crippen molar-refractivity contribution in [3.05, 3.63) is 52.5 Å². The number of aliphatic hydroxyl groups is 1. The molecular weight excluding hydrogens is 410 g/mol. The van der Waals surface area contributed by atoms with Crippen LogP contribution in [0.15, 0.2) is 36.4 Å². The number of carbonyl (C=O) groups excluding carboxylic acids is 2. The molecule has 0 fully saturated rings. The second kappa shape index (κ2) is 9.82. The number of hydrogen-bond acceptors (Lipinski definition) is 6. The Bertz CT molecular complexity index is 928. The summed E-state index contributed by atoms with van der Waals surface area (Å²) in [4.78, 5) is 25.0. The van der Waals surface area contributed by atoms with Gasteiger partial charge in [0.2, 0.25) is 5.91 Å². The Labute approximate surface area is 180 Å². The molecule has 2 aromatic rings. The molecule has 8 heteroatoms. The van der Waals surface area contributed by atoms with Gasteiger partial charge < -0.3 is 24.6 Å². The van der Waals surface area contributed by atoms with Gasteiger partial charge >= 0.3 is 5.97 Å². The van der Waals surface area contributed by atoms with Crippen LogP contribution >= 0.6 is 11.6 Å². The first-order valence-corrected chi connectivity index (χ1v) is 9.72. The largest absolute Gasteiger partial charge is 0.493 e. The zero-order valence-electron chi connectivity index (χ0n) is 17.6. The van der Waals surface area contributed by atoms with Crippen molar-refractivity contribution in [3.8, 4) is 11.5 Å². The number of carbonyl (C=O) groups is 2. The van der Waals surface area contributed by atoms with Crippen molar-refractivity contribution in [1.82, 2.24) is 0 Å². The Balaban J connectivity index is 2.46. The number of hydrogen-bond donors (Lipinski definition) is 2. The molecule has 0 aromatic heterocycles. The fraction of sp³-hybridized carbons (Fsp3) is 0.364. The van der Waals surface area contributed by atoms with Crippen LogP contribution in [0.1, 0.15) is 38.0 Å². The quantitative estimate of drug-likeness (QED) is 0.481. The third-order valence-corrected chi connectivity index (χ3v) is 4.87. The van der Waals surface area contributed by atoms with E-state index in [1.165, 1.54) is 34.1 Å². The molecule has 0 aliphatic rings. The van der Waals surface area contributed by atoms with Crippen LogP contribution in [0.4, 0.5) is 5.69 Å². The summed E-state index contributed by atoms with van der Waals surface area (Å²) in [6.45, 7) is 4.77. The highest BCUT2D eigenvalue weighted by molar-refractivity contribution is 6.30. The number of esters is 1. The van der Waals surface area contributed by atoms with Crippen LogP contribution in [0.5, 0.6) is 11.5 Å². The zero-order chi connectivity index (χ0) is 22.5. The van der Waals surface area contributed by atoms with Crippen molar-refractivity contribution in [2.75, 3.05) is 26.1 Å². The fourth-order valence-electron chi connectivity index (χ4n) is 2.85. The molecule has 0 radical (unpaired) electrons. The molecule has 0 spiro atoms. The van der Waals surface area contributed by atoms with Gasteiger partial charge in [-0.25, -0.2) is 0 Å². The predicted molar refractivity (Wildman–Crippen MR) is 114 cm³/mol. The first-order chi connectivity index (χ1) is 14.2. The number of amides is 1. The SMILES string of the molecule is CCOC(=O)C(C)(C)C(=O)Nc1ccc(Cl)cc1[C@H](O)c1cccc(OC)c1OC. The summed E-state index contributed by atoms with van der Waals surface area (Å²) in [5, 5.41) is 14.2.